The van der Waals surface area contributed by atoms with Gasteiger partial charge in [0.1, 0.15) is 0 Å². The van der Waals surface area contributed by atoms with Crippen molar-refractivity contribution in [2.24, 2.45) is 17.1 Å². The van der Waals surface area contributed by atoms with Crippen LogP contribution in [0, 0.1) is 11.3 Å². The third kappa shape index (κ3) is 3.23. The van der Waals surface area contributed by atoms with Gasteiger partial charge in [-0.2, -0.15) is 0 Å². The van der Waals surface area contributed by atoms with Crippen molar-refractivity contribution in [3.63, 3.8) is 0 Å². The van der Waals surface area contributed by atoms with Gasteiger partial charge in [-0.25, -0.2) is 0 Å². The highest BCUT2D eigenvalue weighted by Gasteiger charge is 2.34. The summed E-state index contributed by atoms with van der Waals surface area (Å²) in [7, 11) is 0. The molecule has 1 aliphatic heterocycles. The highest BCUT2D eigenvalue weighted by molar-refractivity contribution is 4.89. The Morgan fingerprint density at radius 3 is 2.35 bits per heavy atom. The lowest BCUT2D eigenvalue weighted by atomic mass is 9.74. The molecule has 2 atom stereocenters. The van der Waals surface area contributed by atoms with Crippen LogP contribution in [-0.4, -0.2) is 30.1 Å². The Morgan fingerprint density at radius 1 is 1.12 bits per heavy atom. The Balaban J connectivity index is 1.92. The molecule has 17 heavy (non-hydrogen) atoms. The number of nitrogens with two attached hydrogens (primary N) is 1. The lowest BCUT2D eigenvalue weighted by molar-refractivity contribution is 0.0350. The molecule has 0 amide bonds. The van der Waals surface area contributed by atoms with Gasteiger partial charge in [-0.1, -0.05) is 13.8 Å². The van der Waals surface area contributed by atoms with Crippen molar-refractivity contribution in [2.45, 2.75) is 71.4 Å². The minimum absolute atomic E-state index is 0.586. The maximum atomic E-state index is 5.86. The quantitative estimate of drug-likeness (QED) is 0.801. The highest BCUT2D eigenvalue weighted by Crippen LogP contribution is 2.38. The molecule has 2 unspecified atom stereocenters. The van der Waals surface area contributed by atoms with Crippen LogP contribution in [0.2, 0.25) is 0 Å². The van der Waals surface area contributed by atoms with E-state index >= 15 is 0 Å². The fourth-order valence-corrected chi connectivity index (χ4v) is 3.63. The van der Waals surface area contributed by atoms with E-state index in [-0.39, 0.29) is 0 Å². The second-order valence-corrected chi connectivity index (χ2v) is 7.12. The molecule has 1 saturated carbocycles. The van der Waals surface area contributed by atoms with Crippen LogP contribution in [0.1, 0.15) is 59.3 Å². The van der Waals surface area contributed by atoms with E-state index < -0.39 is 0 Å². The van der Waals surface area contributed by atoms with Gasteiger partial charge in [-0.15, -0.1) is 0 Å². The number of hydrogen-bond donors (Lipinski definition) is 1. The normalized spacial score (nSPS) is 36.0. The first-order chi connectivity index (χ1) is 8.02. The summed E-state index contributed by atoms with van der Waals surface area (Å²) in [5.41, 5.74) is 6.44. The molecule has 1 aliphatic carbocycles. The van der Waals surface area contributed by atoms with Crippen LogP contribution in [0.4, 0.5) is 0 Å². The summed E-state index contributed by atoms with van der Waals surface area (Å²) in [5.74, 6) is 0.751. The number of hydrogen-bond acceptors (Lipinski definition) is 2. The van der Waals surface area contributed by atoms with Gasteiger partial charge in [0.2, 0.25) is 0 Å². The molecule has 0 aromatic rings. The van der Waals surface area contributed by atoms with Crippen LogP contribution in [0.15, 0.2) is 0 Å². The van der Waals surface area contributed by atoms with Gasteiger partial charge in [-0.05, 0) is 63.3 Å². The van der Waals surface area contributed by atoms with Crippen molar-refractivity contribution in [3.05, 3.63) is 0 Å². The number of piperidine rings is 1. The summed E-state index contributed by atoms with van der Waals surface area (Å²) < 4.78 is 0. The molecule has 1 saturated heterocycles. The Hall–Kier alpha value is -0.0800. The molecule has 0 spiro atoms. The summed E-state index contributed by atoms with van der Waals surface area (Å²) in [5, 5.41) is 0. The summed E-state index contributed by atoms with van der Waals surface area (Å²) in [6, 6.07) is 1.62. The van der Waals surface area contributed by atoms with Crippen molar-refractivity contribution in [1.82, 2.24) is 4.90 Å². The fourth-order valence-electron chi connectivity index (χ4n) is 3.63. The van der Waals surface area contributed by atoms with Crippen LogP contribution in [-0.2, 0) is 0 Å². The Bertz CT molecular complexity index is 239. The molecule has 0 bridgehead atoms. The van der Waals surface area contributed by atoms with Crippen molar-refractivity contribution in [2.75, 3.05) is 13.1 Å². The van der Waals surface area contributed by atoms with Gasteiger partial charge in [0.15, 0.2) is 0 Å². The molecular formula is C15H30N2. The van der Waals surface area contributed by atoms with E-state index in [2.05, 4.69) is 25.7 Å². The molecular weight excluding hydrogens is 208 g/mol. The Labute approximate surface area is 107 Å². The monoisotopic (exact) mass is 238 g/mol. The second kappa shape index (κ2) is 5.27. The second-order valence-electron chi connectivity index (χ2n) is 7.12. The van der Waals surface area contributed by atoms with Gasteiger partial charge in [-0.3, -0.25) is 4.90 Å². The first kappa shape index (κ1) is 13.4. The van der Waals surface area contributed by atoms with Gasteiger partial charge in [0, 0.05) is 18.6 Å². The topological polar surface area (TPSA) is 29.3 Å². The van der Waals surface area contributed by atoms with Crippen molar-refractivity contribution in [1.29, 1.82) is 0 Å². The molecule has 2 N–H and O–H groups in total. The fraction of sp³-hybridized carbons (Fsp3) is 1.00. The zero-order valence-corrected chi connectivity index (χ0v) is 11.9. The van der Waals surface area contributed by atoms with E-state index in [9.17, 15) is 0 Å². The molecule has 0 aromatic heterocycles. The smallest absolute Gasteiger partial charge is 0.00986 e. The van der Waals surface area contributed by atoms with E-state index in [1.807, 2.05) is 0 Å². The molecule has 2 fully saturated rings. The van der Waals surface area contributed by atoms with Gasteiger partial charge < -0.3 is 5.73 Å². The maximum absolute atomic E-state index is 5.86. The average Bonchev–Trinajstić information content (AvgIpc) is 2.30. The van der Waals surface area contributed by atoms with Gasteiger partial charge >= 0.3 is 0 Å². The number of nitrogens with zero attached hydrogens (tertiary/aromatic N) is 1. The highest BCUT2D eigenvalue weighted by atomic mass is 15.2. The van der Waals surface area contributed by atoms with Crippen LogP contribution >= 0.6 is 0 Å². The summed E-state index contributed by atoms with van der Waals surface area (Å²) in [4.78, 5) is 2.77. The summed E-state index contributed by atoms with van der Waals surface area (Å²) in [6.07, 6.45) is 8.28. The third-order valence-electron chi connectivity index (χ3n) is 5.14. The lowest BCUT2D eigenvalue weighted by Gasteiger charge is -2.46. The third-order valence-corrected chi connectivity index (χ3v) is 5.14. The standard InChI is InChI=1S/C15H30N2/c1-12-4-5-13(10-16)11-17(12)14-6-8-15(2,3)9-7-14/h12-14H,4-11,16H2,1-3H3. The van der Waals surface area contributed by atoms with E-state index in [4.69, 9.17) is 5.73 Å². The minimum Gasteiger partial charge on any atom is -0.330 e. The maximum Gasteiger partial charge on any atom is 0.00986 e. The predicted molar refractivity (Wildman–Crippen MR) is 74.0 cm³/mol. The predicted octanol–water partition coefficient (Wildman–Crippen LogP) is 3.01. The minimum atomic E-state index is 0.586. The van der Waals surface area contributed by atoms with Gasteiger partial charge in [0.25, 0.3) is 0 Å². The molecule has 0 aromatic carbocycles. The van der Waals surface area contributed by atoms with Crippen LogP contribution in [0.5, 0.6) is 0 Å². The summed E-state index contributed by atoms with van der Waals surface area (Å²) >= 11 is 0. The van der Waals surface area contributed by atoms with E-state index in [1.54, 1.807) is 0 Å². The van der Waals surface area contributed by atoms with E-state index in [0.29, 0.717) is 5.41 Å². The number of likely N-dealkylation sites (tertiary alicyclic amines) is 1. The largest absolute Gasteiger partial charge is 0.330 e. The lowest BCUT2D eigenvalue weighted by Crippen LogP contribution is -2.50. The molecule has 2 nitrogen and oxygen atoms in total. The van der Waals surface area contributed by atoms with Crippen LogP contribution < -0.4 is 5.73 Å². The van der Waals surface area contributed by atoms with Crippen molar-refractivity contribution >= 4 is 0 Å². The first-order valence-corrected chi connectivity index (χ1v) is 7.47. The molecule has 1 heterocycles. The van der Waals surface area contributed by atoms with E-state index in [0.717, 1.165) is 24.5 Å². The van der Waals surface area contributed by atoms with Crippen molar-refractivity contribution in [3.8, 4) is 0 Å². The van der Waals surface area contributed by atoms with Gasteiger partial charge in [0.05, 0.1) is 0 Å². The van der Waals surface area contributed by atoms with Crippen LogP contribution in [0.25, 0.3) is 0 Å². The molecule has 2 rings (SSSR count). The average molecular weight is 238 g/mol. The molecule has 100 valence electrons. The number of rotatable bonds is 2. The zero-order valence-electron chi connectivity index (χ0n) is 11.9. The summed E-state index contributed by atoms with van der Waals surface area (Å²) in [6.45, 7) is 9.38. The molecule has 2 heteroatoms. The molecule has 0 radical (unpaired) electrons. The van der Waals surface area contributed by atoms with Crippen molar-refractivity contribution < 1.29 is 0 Å². The Morgan fingerprint density at radius 2 is 1.76 bits per heavy atom. The SMILES string of the molecule is CC1CCC(CN)CN1C1CCC(C)(C)CC1. The molecule has 2 aliphatic rings. The van der Waals surface area contributed by atoms with E-state index in [1.165, 1.54) is 45.1 Å². The Kier molecular flexibility index (Phi) is 4.14. The first-order valence-electron chi connectivity index (χ1n) is 7.47. The van der Waals surface area contributed by atoms with Crippen LogP contribution in [0.3, 0.4) is 0 Å². The zero-order chi connectivity index (χ0) is 12.5.